The summed E-state index contributed by atoms with van der Waals surface area (Å²) in [4.78, 5) is 23.3. The molecule has 0 rings (SSSR count). The number of unbranched alkanes of at least 4 members (excludes halogenated alkanes) is 38. The van der Waals surface area contributed by atoms with Crippen molar-refractivity contribution in [3.05, 3.63) is 36.5 Å². The molecule has 3 atom stereocenters. The molecule has 69 heavy (non-hydrogen) atoms. The monoisotopic (exact) mass is 994 g/mol. The molecule has 0 heterocycles. The Kier molecular flexibility index (Phi) is 50.7. The largest absolute Gasteiger partial charge is 0.472 e. The molecule has 3 unspecified atom stereocenters. The first-order valence-electron chi connectivity index (χ1n) is 29.9. The summed E-state index contributed by atoms with van der Waals surface area (Å²) < 4.78 is 23.7. The van der Waals surface area contributed by atoms with Gasteiger partial charge in [0.25, 0.3) is 0 Å². The number of phosphoric acid groups is 1. The van der Waals surface area contributed by atoms with Gasteiger partial charge in [0.15, 0.2) is 0 Å². The van der Waals surface area contributed by atoms with Crippen molar-refractivity contribution >= 4 is 13.7 Å². The first-order chi connectivity index (χ1) is 33.5. The number of rotatable bonds is 55. The molecule has 408 valence electrons. The van der Waals surface area contributed by atoms with Crippen LogP contribution >= 0.6 is 7.82 Å². The Balaban J connectivity index is 4.15. The van der Waals surface area contributed by atoms with Crippen molar-refractivity contribution in [1.82, 2.24) is 5.32 Å². The quantitative estimate of drug-likeness (QED) is 0.0243. The lowest BCUT2D eigenvalue weighted by Gasteiger charge is -2.25. The normalized spacial score (nSPS) is 14.1. The SMILES string of the molecule is CCCCCCCCC/C=C\CCCCCCCC(=O)NC(COP(=O)(O)OCC[N+](C)(C)C)C(O)/C=C/CC/C=C/CCCCCCCCCCCCCCCCCCCCCCCCCCC. The van der Waals surface area contributed by atoms with Crippen LogP contribution in [0.5, 0.6) is 0 Å². The zero-order chi connectivity index (χ0) is 50.6. The van der Waals surface area contributed by atoms with Crippen LogP contribution in [-0.4, -0.2) is 73.4 Å². The van der Waals surface area contributed by atoms with Crippen LogP contribution in [0.15, 0.2) is 36.5 Å². The fourth-order valence-corrected chi connectivity index (χ4v) is 9.61. The minimum absolute atomic E-state index is 0.0551. The molecule has 0 aliphatic rings. The molecule has 0 aromatic carbocycles. The first-order valence-corrected chi connectivity index (χ1v) is 31.4. The number of allylic oxidation sites excluding steroid dienone is 5. The smallest absolute Gasteiger partial charge is 0.387 e. The third kappa shape index (κ3) is 54.3. The van der Waals surface area contributed by atoms with Crippen molar-refractivity contribution in [2.45, 2.75) is 302 Å². The molecular formula is C60H118N2O6P+. The number of carbonyl (C=O) groups is 1. The molecule has 3 N–H and O–H groups in total. The van der Waals surface area contributed by atoms with Crippen molar-refractivity contribution in [1.29, 1.82) is 0 Å². The molecule has 8 nitrogen and oxygen atoms in total. The molecule has 0 aromatic heterocycles. The zero-order valence-corrected chi connectivity index (χ0v) is 47.5. The van der Waals surface area contributed by atoms with E-state index in [0.717, 1.165) is 51.4 Å². The molecule has 0 radical (unpaired) electrons. The van der Waals surface area contributed by atoms with Gasteiger partial charge in [0.1, 0.15) is 13.2 Å². The van der Waals surface area contributed by atoms with E-state index in [2.05, 4.69) is 43.5 Å². The van der Waals surface area contributed by atoms with Gasteiger partial charge in [-0.1, -0.05) is 262 Å². The lowest BCUT2D eigenvalue weighted by molar-refractivity contribution is -0.870. The Hall–Kier alpha value is -1.28. The van der Waals surface area contributed by atoms with Gasteiger partial charge in [-0.2, -0.15) is 0 Å². The van der Waals surface area contributed by atoms with Crippen LogP contribution in [-0.2, 0) is 18.4 Å². The van der Waals surface area contributed by atoms with E-state index in [0.29, 0.717) is 17.4 Å². The number of nitrogens with one attached hydrogen (secondary N) is 1. The first kappa shape index (κ1) is 67.7. The van der Waals surface area contributed by atoms with E-state index in [1.165, 1.54) is 218 Å². The van der Waals surface area contributed by atoms with Gasteiger partial charge in [-0.25, -0.2) is 4.57 Å². The number of amides is 1. The summed E-state index contributed by atoms with van der Waals surface area (Å²) in [6.45, 7) is 4.82. The van der Waals surface area contributed by atoms with Crippen molar-refractivity contribution in [3.63, 3.8) is 0 Å². The minimum atomic E-state index is -4.36. The van der Waals surface area contributed by atoms with E-state index in [-0.39, 0.29) is 19.1 Å². The highest BCUT2D eigenvalue weighted by atomic mass is 31.2. The summed E-state index contributed by atoms with van der Waals surface area (Å²) in [5, 5.41) is 13.9. The van der Waals surface area contributed by atoms with Crippen LogP contribution in [0.4, 0.5) is 0 Å². The Morgan fingerprint density at radius 2 is 0.797 bits per heavy atom. The molecular weight excluding hydrogens is 876 g/mol. The number of carbonyl (C=O) groups excluding carboxylic acids is 1. The van der Waals surface area contributed by atoms with Crippen LogP contribution in [0.3, 0.4) is 0 Å². The third-order valence-electron chi connectivity index (χ3n) is 13.6. The zero-order valence-electron chi connectivity index (χ0n) is 46.6. The van der Waals surface area contributed by atoms with E-state index in [1.54, 1.807) is 6.08 Å². The Labute approximate surface area is 429 Å². The highest BCUT2D eigenvalue weighted by Crippen LogP contribution is 2.43. The highest BCUT2D eigenvalue weighted by Gasteiger charge is 2.27. The van der Waals surface area contributed by atoms with Crippen molar-refractivity contribution in [2.75, 3.05) is 40.9 Å². The molecule has 0 saturated carbocycles. The number of phosphoric ester groups is 1. The van der Waals surface area contributed by atoms with E-state index >= 15 is 0 Å². The number of likely N-dealkylation sites (N-methyl/N-ethyl adjacent to an activating group) is 1. The number of hydrogen-bond acceptors (Lipinski definition) is 5. The Morgan fingerprint density at radius 1 is 0.478 bits per heavy atom. The van der Waals surface area contributed by atoms with Gasteiger partial charge in [-0.05, 0) is 57.8 Å². The maximum atomic E-state index is 12.9. The molecule has 0 fully saturated rings. The lowest BCUT2D eigenvalue weighted by atomic mass is 10.0. The standard InChI is InChI=1S/C60H117N2O6P/c1-6-8-10-12-14-16-18-20-22-24-25-26-27-28-29-30-31-32-33-34-35-36-37-38-39-41-43-45-47-49-51-53-59(63)58(57-68-69(65,66)67-56-55-62(3,4)5)61-60(64)54-52-50-48-46-44-42-40-23-21-19-17-15-13-11-9-7-2/h23,40,43,45,51,53,58-59,63H,6-22,24-39,41-42,44,46-50,52,54-57H2,1-5H3,(H-,61,64,65,66)/p+1/b40-23-,45-43+,53-51+. The molecule has 0 spiro atoms. The van der Waals surface area contributed by atoms with Crippen LogP contribution in [0.25, 0.3) is 0 Å². The predicted molar refractivity (Wildman–Crippen MR) is 300 cm³/mol. The fourth-order valence-electron chi connectivity index (χ4n) is 8.88. The van der Waals surface area contributed by atoms with Gasteiger partial charge in [-0.15, -0.1) is 0 Å². The summed E-state index contributed by atoms with van der Waals surface area (Å²) >= 11 is 0. The number of nitrogens with zero attached hydrogens (tertiary/aromatic N) is 1. The van der Waals surface area contributed by atoms with E-state index in [4.69, 9.17) is 9.05 Å². The maximum Gasteiger partial charge on any atom is 0.472 e. The number of hydrogen-bond donors (Lipinski definition) is 3. The van der Waals surface area contributed by atoms with Crippen LogP contribution in [0, 0.1) is 0 Å². The average molecular weight is 995 g/mol. The van der Waals surface area contributed by atoms with E-state index in [1.807, 2.05) is 27.2 Å². The van der Waals surface area contributed by atoms with Gasteiger partial charge >= 0.3 is 7.82 Å². The fraction of sp³-hybridized carbons (Fsp3) is 0.883. The number of aliphatic hydroxyl groups is 1. The summed E-state index contributed by atoms with van der Waals surface area (Å²) in [5.74, 6) is -0.193. The van der Waals surface area contributed by atoms with Crippen molar-refractivity contribution in [2.24, 2.45) is 0 Å². The second kappa shape index (κ2) is 51.6. The molecule has 1 amide bonds. The molecule has 0 aliphatic carbocycles. The number of aliphatic hydroxyl groups excluding tert-OH is 1. The molecule has 0 bridgehead atoms. The van der Waals surface area contributed by atoms with Gasteiger partial charge in [0, 0.05) is 6.42 Å². The van der Waals surface area contributed by atoms with E-state index in [9.17, 15) is 19.4 Å². The third-order valence-corrected chi connectivity index (χ3v) is 14.6. The molecule has 9 heteroatoms. The van der Waals surface area contributed by atoms with E-state index < -0.39 is 20.0 Å². The van der Waals surface area contributed by atoms with Gasteiger partial charge in [0.05, 0.1) is 39.9 Å². The van der Waals surface area contributed by atoms with Gasteiger partial charge in [0.2, 0.25) is 5.91 Å². The van der Waals surface area contributed by atoms with Gasteiger partial charge < -0.3 is 19.8 Å². The van der Waals surface area contributed by atoms with Crippen molar-refractivity contribution in [3.8, 4) is 0 Å². The topological polar surface area (TPSA) is 105 Å². The van der Waals surface area contributed by atoms with Crippen LogP contribution in [0.2, 0.25) is 0 Å². The number of quaternary nitrogens is 1. The lowest BCUT2D eigenvalue weighted by Crippen LogP contribution is -2.45. The highest BCUT2D eigenvalue weighted by molar-refractivity contribution is 7.47. The maximum absolute atomic E-state index is 12.9. The molecule has 0 saturated heterocycles. The minimum Gasteiger partial charge on any atom is -0.387 e. The summed E-state index contributed by atoms with van der Waals surface area (Å²) in [6.07, 6.45) is 67.0. The van der Waals surface area contributed by atoms with Crippen LogP contribution < -0.4 is 5.32 Å². The summed E-state index contributed by atoms with van der Waals surface area (Å²) in [5.41, 5.74) is 0. The second-order valence-corrected chi connectivity index (χ2v) is 23.2. The summed E-state index contributed by atoms with van der Waals surface area (Å²) in [7, 11) is 1.56. The molecule has 0 aromatic rings. The van der Waals surface area contributed by atoms with Crippen LogP contribution in [0.1, 0.15) is 290 Å². The second-order valence-electron chi connectivity index (χ2n) is 21.7. The average Bonchev–Trinajstić information content (AvgIpc) is 3.31. The Morgan fingerprint density at radius 3 is 1.16 bits per heavy atom. The summed E-state index contributed by atoms with van der Waals surface area (Å²) in [6, 6.07) is -0.867. The van der Waals surface area contributed by atoms with Crippen molar-refractivity contribution < 1.29 is 32.9 Å². The van der Waals surface area contributed by atoms with Gasteiger partial charge in [-0.3, -0.25) is 13.8 Å². The molecule has 0 aliphatic heterocycles. The predicted octanol–water partition coefficient (Wildman–Crippen LogP) is 18.2. The Bertz CT molecular complexity index is 1220.